The molecule has 0 spiro atoms. The van der Waals surface area contributed by atoms with E-state index in [1.807, 2.05) is 6.07 Å². The summed E-state index contributed by atoms with van der Waals surface area (Å²) in [6, 6.07) is 4.04. The van der Waals surface area contributed by atoms with Crippen LogP contribution >= 0.6 is 0 Å². The van der Waals surface area contributed by atoms with Gasteiger partial charge in [0.15, 0.2) is 5.82 Å². The van der Waals surface area contributed by atoms with Gasteiger partial charge < -0.3 is 10.1 Å². The zero-order valence-electron chi connectivity index (χ0n) is 12.7. The predicted molar refractivity (Wildman–Crippen MR) is 82.4 cm³/mol. The third-order valence-corrected chi connectivity index (χ3v) is 4.48. The summed E-state index contributed by atoms with van der Waals surface area (Å²) in [5.74, 6) is 0.847. The maximum atomic E-state index is 12.1. The Morgan fingerprint density at radius 2 is 2.32 bits per heavy atom. The van der Waals surface area contributed by atoms with Crippen molar-refractivity contribution in [2.45, 2.75) is 44.9 Å². The summed E-state index contributed by atoms with van der Waals surface area (Å²) >= 11 is 0. The van der Waals surface area contributed by atoms with Crippen LogP contribution in [0.15, 0.2) is 6.07 Å². The number of anilines is 1. The molecule has 1 N–H and O–H groups in total. The van der Waals surface area contributed by atoms with Crippen LogP contribution in [0, 0.1) is 17.2 Å². The Labute approximate surface area is 130 Å². The summed E-state index contributed by atoms with van der Waals surface area (Å²) in [4.78, 5) is 16.6. The minimum Gasteiger partial charge on any atom is -0.381 e. The van der Waals surface area contributed by atoms with Gasteiger partial charge in [0.25, 0.3) is 0 Å². The molecule has 0 aromatic carbocycles. The lowest BCUT2D eigenvalue weighted by Gasteiger charge is -2.17. The number of amides is 1. The minimum atomic E-state index is -0.0633. The molecule has 22 heavy (non-hydrogen) atoms. The summed E-state index contributed by atoms with van der Waals surface area (Å²) in [7, 11) is 0. The maximum absolute atomic E-state index is 12.1. The quantitative estimate of drug-likeness (QED) is 0.927. The largest absolute Gasteiger partial charge is 0.381 e. The number of aromatic nitrogens is 1. The lowest BCUT2D eigenvalue weighted by atomic mass is 9.95. The Hall–Kier alpha value is -1.93. The molecule has 1 aliphatic heterocycles. The number of aryl methyl sites for hydroxylation is 2. The molecule has 1 aromatic rings. The minimum absolute atomic E-state index is 0.0633. The number of hydrogen-bond donors (Lipinski definition) is 1. The highest BCUT2D eigenvalue weighted by atomic mass is 16.5. The molecule has 0 unspecified atom stereocenters. The lowest BCUT2D eigenvalue weighted by molar-refractivity contribution is -0.116. The molecule has 2 heterocycles. The van der Waals surface area contributed by atoms with E-state index >= 15 is 0 Å². The molecule has 0 radical (unpaired) electrons. The molecule has 1 atom stereocenters. The molecule has 3 rings (SSSR count). The fraction of sp³-hybridized carbons (Fsp3) is 0.588. The summed E-state index contributed by atoms with van der Waals surface area (Å²) in [5, 5.41) is 12.1. The van der Waals surface area contributed by atoms with E-state index in [4.69, 9.17) is 4.74 Å². The Morgan fingerprint density at radius 1 is 1.45 bits per heavy atom. The third kappa shape index (κ3) is 3.45. The van der Waals surface area contributed by atoms with E-state index < -0.39 is 0 Å². The number of pyridine rings is 1. The van der Waals surface area contributed by atoms with Crippen LogP contribution in [0.2, 0.25) is 0 Å². The van der Waals surface area contributed by atoms with Crippen molar-refractivity contribution in [3.8, 4) is 6.07 Å². The van der Waals surface area contributed by atoms with Crippen molar-refractivity contribution in [1.82, 2.24) is 4.98 Å². The van der Waals surface area contributed by atoms with Gasteiger partial charge in [0.2, 0.25) is 5.91 Å². The second-order valence-electron chi connectivity index (χ2n) is 6.13. The number of nitriles is 1. The van der Waals surface area contributed by atoms with Crippen molar-refractivity contribution in [3.05, 3.63) is 22.9 Å². The monoisotopic (exact) mass is 299 g/mol. The normalized spacial score (nSPS) is 20.2. The van der Waals surface area contributed by atoms with Crippen LogP contribution in [0.4, 0.5) is 5.82 Å². The Balaban J connectivity index is 1.65. The van der Waals surface area contributed by atoms with Gasteiger partial charge in [-0.05, 0) is 56.1 Å². The van der Waals surface area contributed by atoms with E-state index in [1.165, 1.54) is 0 Å². The molecular formula is C17H21N3O2. The van der Waals surface area contributed by atoms with Crippen LogP contribution in [0.3, 0.4) is 0 Å². The van der Waals surface area contributed by atoms with Crippen molar-refractivity contribution < 1.29 is 9.53 Å². The molecule has 0 saturated carbocycles. The van der Waals surface area contributed by atoms with Crippen molar-refractivity contribution >= 4 is 11.7 Å². The zero-order chi connectivity index (χ0) is 15.4. The average Bonchev–Trinajstić information content (AvgIpc) is 3.05. The van der Waals surface area contributed by atoms with E-state index in [-0.39, 0.29) is 5.91 Å². The topological polar surface area (TPSA) is 75.0 Å². The second kappa shape index (κ2) is 6.89. The molecule has 2 aliphatic rings. The summed E-state index contributed by atoms with van der Waals surface area (Å²) < 4.78 is 5.32. The van der Waals surface area contributed by atoms with Crippen molar-refractivity contribution in [2.24, 2.45) is 5.92 Å². The molecule has 5 nitrogen and oxygen atoms in total. The van der Waals surface area contributed by atoms with Crippen molar-refractivity contribution in [1.29, 1.82) is 5.26 Å². The number of ether oxygens (including phenoxy) is 1. The van der Waals surface area contributed by atoms with Gasteiger partial charge in [-0.25, -0.2) is 4.98 Å². The highest BCUT2D eigenvalue weighted by Crippen LogP contribution is 2.25. The number of rotatable bonds is 4. The summed E-state index contributed by atoms with van der Waals surface area (Å²) in [6.07, 6.45) is 6.51. The van der Waals surface area contributed by atoms with Gasteiger partial charge in [0.1, 0.15) is 6.07 Å². The Morgan fingerprint density at radius 3 is 3.09 bits per heavy atom. The van der Waals surface area contributed by atoms with Crippen LogP contribution in [0.25, 0.3) is 0 Å². The third-order valence-electron chi connectivity index (χ3n) is 4.48. The number of nitrogens with zero attached hydrogens (tertiary/aromatic N) is 2. The number of carbonyl (C=O) groups is 1. The molecule has 116 valence electrons. The first-order chi connectivity index (χ1) is 10.8. The van der Waals surface area contributed by atoms with Crippen LogP contribution in [-0.2, 0) is 22.4 Å². The van der Waals surface area contributed by atoms with E-state index in [2.05, 4.69) is 16.4 Å². The maximum Gasteiger partial charge on any atom is 0.225 e. The van der Waals surface area contributed by atoms with Crippen molar-refractivity contribution in [3.63, 3.8) is 0 Å². The van der Waals surface area contributed by atoms with E-state index in [0.29, 0.717) is 23.7 Å². The second-order valence-corrected chi connectivity index (χ2v) is 6.13. The average molecular weight is 299 g/mol. The fourth-order valence-corrected chi connectivity index (χ4v) is 3.15. The van der Waals surface area contributed by atoms with Gasteiger partial charge >= 0.3 is 0 Å². The lowest BCUT2D eigenvalue weighted by Crippen LogP contribution is -2.17. The van der Waals surface area contributed by atoms with E-state index in [0.717, 1.165) is 63.0 Å². The summed E-state index contributed by atoms with van der Waals surface area (Å²) in [6.45, 7) is 1.56. The zero-order valence-corrected chi connectivity index (χ0v) is 12.7. The predicted octanol–water partition coefficient (Wildman–Crippen LogP) is 2.59. The molecule has 1 fully saturated rings. The molecule has 1 saturated heterocycles. The smallest absolute Gasteiger partial charge is 0.225 e. The van der Waals surface area contributed by atoms with Crippen LogP contribution < -0.4 is 5.32 Å². The fourth-order valence-electron chi connectivity index (χ4n) is 3.15. The van der Waals surface area contributed by atoms with Gasteiger partial charge in [-0.2, -0.15) is 5.26 Å². The van der Waals surface area contributed by atoms with Gasteiger partial charge in [-0.3, -0.25) is 4.79 Å². The van der Waals surface area contributed by atoms with Crippen LogP contribution in [0.5, 0.6) is 0 Å². The SMILES string of the molecule is N#Cc1cc2c(nc1NC(=O)CC[C@H]1CCOC1)CCCC2. The van der Waals surface area contributed by atoms with E-state index in [1.54, 1.807) is 0 Å². The van der Waals surface area contributed by atoms with Crippen LogP contribution in [-0.4, -0.2) is 24.1 Å². The Kier molecular flexibility index (Phi) is 4.69. The highest BCUT2D eigenvalue weighted by molar-refractivity contribution is 5.91. The first-order valence-corrected chi connectivity index (χ1v) is 8.07. The standard InChI is InChI=1S/C17H21N3O2/c18-10-14-9-13-3-1-2-4-15(13)19-17(14)20-16(21)6-5-12-7-8-22-11-12/h9,12H,1-8,11H2,(H,19,20,21)/t12-/m0/s1. The molecule has 1 aliphatic carbocycles. The van der Waals surface area contributed by atoms with E-state index in [9.17, 15) is 10.1 Å². The number of carbonyl (C=O) groups excluding carboxylic acids is 1. The van der Waals surface area contributed by atoms with Crippen LogP contribution in [0.1, 0.15) is 48.9 Å². The number of fused-ring (bicyclic) bond motifs is 1. The number of hydrogen-bond acceptors (Lipinski definition) is 4. The molecule has 1 aromatic heterocycles. The molecule has 0 bridgehead atoms. The van der Waals surface area contributed by atoms with Gasteiger partial charge in [-0.15, -0.1) is 0 Å². The first kappa shape index (κ1) is 15.0. The van der Waals surface area contributed by atoms with Crippen molar-refractivity contribution in [2.75, 3.05) is 18.5 Å². The van der Waals surface area contributed by atoms with Gasteiger partial charge in [-0.1, -0.05) is 0 Å². The molecular weight excluding hydrogens is 278 g/mol. The Bertz CT molecular complexity index is 601. The number of nitrogens with one attached hydrogen (secondary N) is 1. The first-order valence-electron chi connectivity index (χ1n) is 8.07. The van der Waals surface area contributed by atoms with Gasteiger partial charge in [0, 0.05) is 25.3 Å². The molecule has 5 heteroatoms. The molecule has 1 amide bonds. The summed E-state index contributed by atoms with van der Waals surface area (Å²) in [5.41, 5.74) is 2.66. The van der Waals surface area contributed by atoms with Gasteiger partial charge in [0.05, 0.1) is 5.56 Å². The highest BCUT2D eigenvalue weighted by Gasteiger charge is 2.19.